The van der Waals surface area contributed by atoms with Crippen molar-refractivity contribution in [1.82, 2.24) is 9.88 Å². The van der Waals surface area contributed by atoms with Gasteiger partial charge < -0.3 is 5.73 Å². The van der Waals surface area contributed by atoms with Gasteiger partial charge >= 0.3 is 0 Å². The van der Waals surface area contributed by atoms with Crippen molar-refractivity contribution in [3.63, 3.8) is 0 Å². The maximum atomic E-state index is 11.7. The van der Waals surface area contributed by atoms with Gasteiger partial charge in [-0.2, -0.15) is 0 Å². The van der Waals surface area contributed by atoms with Crippen molar-refractivity contribution in [3.05, 3.63) is 11.1 Å². The Labute approximate surface area is 106 Å². The molecule has 0 saturated carbocycles. The third kappa shape index (κ3) is 3.17. The second-order valence-corrected chi connectivity index (χ2v) is 8.09. The summed E-state index contributed by atoms with van der Waals surface area (Å²) in [6, 6.07) is 0. The van der Waals surface area contributed by atoms with Crippen molar-refractivity contribution in [1.29, 1.82) is 0 Å². The Morgan fingerprint density at radius 3 is 3.00 bits per heavy atom. The minimum absolute atomic E-state index is 0.223. The van der Waals surface area contributed by atoms with E-state index in [1.807, 2.05) is 0 Å². The predicted molar refractivity (Wildman–Crippen MR) is 69.7 cm³/mol. The SMILES string of the molecule is CC1CCN(Cc2cnc(N)s2)CCS1(=O)=O. The molecule has 1 aliphatic rings. The summed E-state index contributed by atoms with van der Waals surface area (Å²) in [6.45, 7) is 3.96. The van der Waals surface area contributed by atoms with Crippen LogP contribution in [0.5, 0.6) is 0 Å². The lowest BCUT2D eigenvalue weighted by molar-refractivity contribution is 0.286. The first-order valence-electron chi connectivity index (χ1n) is 5.61. The standard InChI is InChI=1S/C10H17N3O2S2/c1-8-2-3-13(4-5-17(8,14)15)7-9-6-12-10(11)16-9/h6,8H,2-5,7H2,1H3,(H2,11,12). The fraction of sp³-hybridized carbons (Fsp3) is 0.700. The summed E-state index contributed by atoms with van der Waals surface area (Å²) in [5.41, 5.74) is 5.57. The molecule has 1 aliphatic heterocycles. The molecule has 0 aliphatic carbocycles. The summed E-state index contributed by atoms with van der Waals surface area (Å²) in [4.78, 5) is 7.25. The van der Waals surface area contributed by atoms with Gasteiger partial charge in [-0.15, -0.1) is 11.3 Å². The van der Waals surface area contributed by atoms with Crippen LogP contribution in [0.1, 0.15) is 18.2 Å². The minimum Gasteiger partial charge on any atom is -0.375 e. The van der Waals surface area contributed by atoms with E-state index in [4.69, 9.17) is 5.73 Å². The largest absolute Gasteiger partial charge is 0.375 e. The first kappa shape index (κ1) is 12.8. The van der Waals surface area contributed by atoms with Gasteiger partial charge in [0.15, 0.2) is 15.0 Å². The second kappa shape index (κ2) is 4.91. The molecule has 1 atom stereocenters. The summed E-state index contributed by atoms with van der Waals surface area (Å²) in [7, 11) is -2.90. The van der Waals surface area contributed by atoms with Crippen LogP contribution in [0.25, 0.3) is 0 Å². The Morgan fingerprint density at radius 2 is 2.35 bits per heavy atom. The summed E-state index contributed by atoms with van der Waals surface area (Å²) in [5.74, 6) is 0.252. The predicted octanol–water partition coefficient (Wildman–Crippen LogP) is 0.734. The number of thiazole rings is 1. The lowest BCUT2D eigenvalue weighted by Gasteiger charge is -2.17. The summed E-state index contributed by atoms with van der Waals surface area (Å²) < 4.78 is 23.5. The molecular weight excluding hydrogens is 258 g/mol. The van der Waals surface area contributed by atoms with Crippen molar-refractivity contribution >= 4 is 26.3 Å². The van der Waals surface area contributed by atoms with Gasteiger partial charge in [-0.25, -0.2) is 13.4 Å². The van der Waals surface area contributed by atoms with E-state index in [0.717, 1.165) is 18.0 Å². The molecule has 2 heterocycles. The third-order valence-corrected chi connectivity index (χ3v) is 6.13. The van der Waals surface area contributed by atoms with Crippen molar-refractivity contribution in [3.8, 4) is 0 Å². The van der Waals surface area contributed by atoms with Gasteiger partial charge in [0.1, 0.15) is 0 Å². The van der Waals surface area contributed by atoms with Gasteiger partial charge in [0.25, 0.3) is 0 Å². The zero-order valence-corrected chi connectivity index (χ0v) is 11.4. The number of sulfone groups is 1. The van der Waals surface area contributed by atoms with Crippen LogP contribution in [0.4, 0.5) is 5.13 Å². The van der Waals surface area contributed by atoms with Gasteiger partial charge in [-0.3, -0.25) is 4.90 Å². The Bertz CT molecular complexity index is 483. The Balaban J connectivity index is 2.00. The van der Waals surface area contributed by atoms with Crippen LogP contribution >= 0.6 is 11.3 Å². The molecule has 1 saturated heterocycles. The summed E-state index contributed by atoms with van der Waals surface area (Å²) >= 11 is 1.46. The fourth-order valence-corrected chi connectivity index (χ4v) is 3.99. The van der Waals surface area contributed by atoms with Gasteiger partial charge in [0.2, 0.25) is 0 Å². The quantitative estimate of drug-likeness (QED) is 0.861. The fourth-order valence-electron chi connectivity index (χ4n) is 1.89. The number of hydrogen-bond acceptors (Lipinski definition) is 6. The number of nitrogens with two attached hydrogens (primary N) is 1. The molecule has 2 N–H and O–H groups in total. The summed E-state index contributed by atoms with van der Waals surface area (Å²) in [6.07, 6.45) is 2.47. The smallest absolute Gasteiger partial charge is 0.180 e. The molecule has 1 fully saturated rings. The van der Waals surface area contributed by atoms with Crippen molar-refractivity contribution in [2.24, 2.45) is 0 Å². The molecule has 1 aromatic heterocycles. The maximum Gasteiger partial charge on any atom is 0.180 e. The van der Waals surface area contributed by atoms with Gasteiger partial charge in [-0.05, 0) is 19.9 Å². The molecule has 0 amide bonds. The average molecular weight is 275 g/mol. The highest BCUT2D eigenvalue weighted by Gasteiger charge is 2.26. The van der Waals surface area contributed by atoms with Crippen LogP contribution in [0.3, 0.4) is 0 Å². The highest BCUT2D eigenvalue weighted by molar-refractivity contribution is 7.92. The highest BCUT2D eigenvalue weighted by atomic mass is 32.2. The Morgan fingerprint density at radius 1 is 1.59 bits per heavy atom. The molecule has 1 unspecified atom stereocenters. The van der Waals surface area contributed by atoms with Crippen LogP contribution in [-0.4, -0.2) is 42.4 Å². The van der Waals surface area contributed by atoms with E-state index in [9.17, 15) is 8.42 Å². The zero-order chi connectivity index (χ0) is 12.5. The number of aromatic nitrogens is 1. The molecule has 0 radical (unpaired) electrons. The van der Waals surface area contributed by atoms with Crippen LogP contribution in [0.15, 0.2) is 6.20 Å². The number of nitrogens with zero attached hydrogens (tertiary/aromatic N) is 2. The molecular formula is C10H17N3O2S2. The van der Waals surface area contributed by atoms with E-state index in [2.05, 4.69) is 9.88 Å². The van der Waals surface area contributed by atoms with Crippen LogP contribution in [0, 0.1) is 0 Å². The van der Waals surface area contributed by atoms with Crippen LogP contribution in [0.2, 0.25) is 0 Å². The monoisotopic (exact) mass is 275 g/mol. The van der Waals surface area contributed by atoms with Crippen molar-refractivity contribution in [2.75, 3.05) is 24.6 Å². The molecule has 2 rings (SSSR count). The maximum absolute atomic E-state index is 11.7. The Kier molecular flexibility index (Phi) is 3.70. The number of hydrogen-bond donors (Lipinski definition) is 1. The molecule has 1 aromatic rings. The van der Waals surface area contributed by atoms with E-state index >= 15 is 0 Å². The minimum atomic E-state index is -2.90. The van der Waals surface area contributed by atoms with Crippen molar-refractivity contribution < 1.29 is 8.42 Å². The van der Waals surface area contributed by atoms with Gasteiger partial charge in [-0.1, -0.05) is 0 Å². The average Bonchev–Trinajstić information content (AvgIpc) is 2.62. The van der Waals surface area contributed by atoms with Gasteiger partial charge in [0, 0.05) is 24.2 Å². The molecule has 0 aromatic carbocycles. The molecule has 5 nitrogen and oxygen atoms in total. The molecule has 17 heavy (non-hydrogen) atoms. The van der Waals surface area contributed by atoms with E-state index in [-0.39, 0.29) is 11.0 Å². The third-order valence-electron chi connectivity index (χ3n) is 3.11. The van der Waals surface area contributed by atoms with E-state index < -0.39 is 9.84 Å². The first-order valence-corrected chi connectivity index (χ1v) is 8.14. The highest BCUT2D eigenvalue weighted by Crippen LogP contribution is 2.19. The summed E-state index contributed by atoms with van der Waals surface area (Å²) in [5, 5.41) is 0.342. The van der Waals surface area contributed by atoms with Crippen LogP contribution in [-0.2, 0) is 16.4 Å². The molecule has 0 bridgehead atoms. The normalized spacial score (nSPS) is 25.6. The van der Waals surface area contributed by atoms with Crippen molar-refractivity contribution in [2.45, 2.75) is 25.1 Å². The molecule has 96 valence electrons. The number of rotatable bonds is 2. The van der Waals surface area contributed by atoms with Gasteiger partial charge in [0.05, 0.1) is 11.0 Å². The van der Waals surface area contributed by atoms with Crippen LogP contribution < -0.4 is 5.73 Å². The zero-order valence-electron chi connectivity index (χ0n) is 9.80. The lowest BCUT2D eigenvalue weighted by atomic mass is 10.3. The number of nitrogen functional groups attached to an aromatic ring is 1. The Hall–Kier alpha value is -0.660. The second-order valence-electron chi connectivity index (χ2n) is 4.41. The first-order chi connectivity index (χ1) is 7.97. The van der Waals surface area contributed by atoms with E-state index in [0.29, 0.717) is 18.1 Å². The molecule has 7 heteroatoms. The number of anilines is 1. The van der Waals surface area contributed by atoms with E-state index in [1.165, 1.54) is 11.3 Å². The van der Waals surface area contributed by atoms with E-state index in [1.54, 1.807) is 13.1 Å². The lowest BCUT2D eigenvalue weighted by Crippen LogP contribution is -2.26. The molecule has 0 spiro atoms. The topological polar surface area (TPSA) is 76.3 Å².